The summed E-state index contributed by atoms with van der Waals surface area (Å²) in [6.07, 6.45) is 1.18. The molecule has 1 atom stereocenters. The number of amides is 1. The smallest absolute Gasteiger partial charge is 0.262 e. The van der Waals surface area contributed by atoms with Crippen LogP contribution in [-0.4, -0.2) is 20.6 Å². The summed E-state index contributed by atoms with van der Waals surface area (Å²) >= 11 is 1.41. The number of aryl methyl sites for hydroxylation is 1. The number of benzene rings is 2. The van der Waals surface area contributed by atoms with Crippen molar-refractivity contribution in [3.05, 3.63) is 76.0 Å². The minimum Gasteiger partial charge on any atom is -0.345 e. The highest BCUT2D eigenvalue weighted by molar-refractivity contribution is 7.90. The SMILES string of the molecule is Cc1ccc(-c2ccsc2C(=O)N[C@@H](C)c2ccc(S(C)(=O)=O)cc2)cc1. The van der Waals surface area contributed by atoms with Crippen molar-refractivity contribution >= 4 is 27.1 Å². The van der Waals surface area contributed by atoms with E-state index in [1.165, 1.54) is 23.2 Å². The van der Waals surface area contributed by atoms with Crippen LogP contribution in [0.4, 0.5) is 0 Å². The van der Waals surface area contributed by atoms with E-state index in [-0.39, 0.29) is 16.8 Å². The van der Waals surface area contributed by atoms with Crippen molar-refractivity contribution in [3.8, 4) is 11.1 Å². The summed E-state index contributed by atoms with van der Waals surface area (Å²) in [4.78, 5) is 13.7. The third-order valence-corrected chi connectivity index (χ3v) is 6.43. The molecule has 4 nitrogen and oxygen atoms in total. The zero-order valence-corrected chi connectivity index (χ0v) is 17.0. The van der Waals surface area contributed by atoms with E-state index in [4.69, 9.17) is 0 Å². The molecule has 0 aliphatic rings. The minimum absolute atomic E-state index is 0.139. The van der Waals surface area contributed by atoms with Gasteiger partial charge < -0.3 is 5.32 Å². The largest absolute Gasteiger partial charge is 0.345 e. The maximum atomic E-state index is 12.8. The molecule has 1 N–H and O–H groups in total. The maximum absolute atomic E-state index is 12.8. The van der Waals surface area contributed by atoms with Crippen molar-refractivity contribution in [1.82, 2.24) is 5.32 Å². The molecule has 0 saturated heterocycles. The Kier molecular flexibility index (Phi) is 5.48. The van der Waals surface area contributed by atoms with Gasteiger partial charge in [0.1, 0.15) is 0 Å². The first-order valence-corrected chi connectivity index (χ1v) is 11.3. The normalized spacial score (nSPS) is 12.6. The number of carbonyl (C=O) groups excluding carboxylic acids is 1. The van der Waals surface area contributed by atoms with Gasteiger partial charge in [0.25, 0.3) is 5.91 Å². The lowest BCUT2D eigenvalue weighted by atomic mass is 10.0. The molecule has 3 aromatic rings. The van der Waals surface area contributed by atoms with Crippen LogP contribution in [0.15, 0.2) is 64.9 Å². The van der Waals surface area contributed by atoms with Crippen LogP contribution in [0.2, 0.25) is 0 Å². The van der Waals surface area contributed by atoms with Gasteiger partial charge in [-0.05, 0) is 48.6 Å². The Morgan fingerprint density at radius 1 is 1.00 bits per heavy atom. The fourth-order valence-electron chi connectivity index (χ4n) is 2.79. The number of nitrogens with one attached hydrogen (secondary N) is 1. The van der Waals surface area contributed by atoms with Gasteiger partial charge in [0, 0.05) is 11.8 Å². The van der Waals surface area contributed by atoms with E-state index in [9.17, 15) is 13.2 Å². The third kappa shape index (κ3) is 4.46. The van der Waals surface area contributed by atoms with Crippen molar-refractivity contribution in [2.75, 3.05) is 6.26 Å². The van der Waals surface area contributed by atoms with Crippen molar-refractivity contribution in [2.45, 2.75) is 24.8 Å². The third-order valence-electron chi connectivity index (χ3n) is 4.39. The summed E-state index contributed by atoms with van der Waals surface area (Å²) in [7, 11) is -3.23. The molecule has 1 aromatic heterocycles. The first kappa shape index (κ1) is 19.3. The number of hydrogen-bond acceptors (Lipinski definition) is 4. The van der Waals surface area contributed by atoms with E-state index in [2.05, 4.69) is 5.32 Å². The number of sulfone groups is 1. The Bertz CT molecular complexity index is 1050. The highest BCUT2D eigenvalue weighted by Crippen LogP contribution is 2.29. The van der Waals surface area contributed by atoms with E-state index >= 15 is 0 Å². The monoisotopic (exact) mass is 399 g/mol. The van der Waals surface area contributed by atoms with Gasteiger partial charge in [0.2, 0.25) is 0 Å². The molecule has 0 saturated carbocycles. The van der Waals surface area contributed by atoms with E-state index in [0.717, 1.165) is 16.7 Å². The van der Waals surface area contributed by atoms with E-state index in [1.54, 1.807) is 24.3 Å². The summed E-state index contributed by atoms with van der Waals surface area (Å²) in [6.45, 7) is 3.91. The Morgan fingerprint density at radius 3 is 2.22 bits per heavy atom. The zero-order valence-electron chi connectivity index (χ0n) is 15.4. The molecule has 0 unspecified atom stereocenters. The molecule has 0 fully saturated rings. The molecule has 27 heavy (non-hydrogen) atoms. The molecule has 0 aliphatic heterocycles. The quantitative estimate of drug-likeness (QED) is 0.681. The average Bonchev–Trinajstić information content (AvgIpc) is 3.11. The van der Waals surface area contributed by atoms with Crippen LogP contribution in [0.3, 0.4) is 0 Å². The van der Waals surface area contributed by atoms with E-state index in [1.807, 2.05) is 49.6 Å². The van der Waals surface area contributed by atoms with Gasteiger partial charge in [-0.2, -0.15) is 0 Å². The summed E-state index contributed by atoms with van der Waals surface area (Å²) in [5.74, 6) is -0.139. The highest BCUT2D eigenvalue weighted by atomic mass is 32.2. The van der Waals surface area contributed by atoms with Crippen LogP contribution < -0.4 is 5.32 Å². The van der Waals surface area contributed by atoms with E-state index in [0.29, 0.717) is 4.88 Å². The molecular formula is C21H21NO3S2. The predicted octanol–water partition coefficient (Wildman–Crippen LogP) is 4.62. The Balaban J connectivity index is 1.78. The average molecular weight is 400 g/mol. The highest BCUT2D eigenvalue weighted by Gasteiger charge is 2.18. The van der Waals surface area contributed by atoms with Crippen LogP contribution in [0.5, 0.6) is 0 Å². The first-order valence-electron chi connectivity index (χ1n) is 8.51. The van der Waals surface area contributed by atoms with Crippen LogP contribution in [0, 0.1) is 6.92 Å². The lowest BCUT2D eigenvalue weighted by molar-refractivity contribution is 0.0944. The van der Waals surface area contributed by atoms with Gasteiger partial charge in [-0.3, -0.25) is 4.79 Å². The topological polar surface area (TPSA) is 63.2 Å². The second-order valence-corrected chi connectivity index (χ2v) is 9.50. The zero-order chi connectivity index (χ0) is 19.6. The maximum Gasteiger partial charge on any atom is 0.262 e. The van der Waals surface area contributed by atoms with Crippen molar-refractivity contribution in [3.63, 3.8) is 0 Å². The van der Waals surface area contributed by atoms with Crippen LogP contribution >= 0.6 is 11.3 Å². The van der Waals surface area contributed by atoms with Crippen LogP contribution in [0.1, 0.15) is 33.8 Å². The summed E-state index contributed by atoms with van der Waals surface area (Å²) in [6, 6.07) is 16.4. The molecule has 1 heterocycles. The Morgan fingerprint density at radius 2 is 1.63 bits per heavy atom. The molecule has 0 bridgehead atoms. The fraction of sp³-hybridized carbons (Fsp3) is 0.190. The number of rotatable bonds is 5. The second kappa shape index (κ2) is 7.66. The second-order valence-electron chi connectivity index (χ2n) is 6.57. The predicted molar refractivity (Wildman–Crippen MR) is 110 cm³/mol. The summed E-state index contributed by atoms with van der Waals surface area (Å²) < 4.78 is 23.1. The molecule has 0 spiro atoms. The lowest BCUT2D eigenvalue weighted by Crippen LogP contribution is -2.26. The minimum atomic E-state index is -3.23. The lowest BCUT2D eigenvalue weighted by Gasteiger charge is -2.15. The van der Waals surface area contributed by atoms with Gasteiger partial charge in [0.15, 0.2) is 9.84 Å². The van der Waals surface area contributed by atoms with Crippen LogP contribution in [0.25, 0.3) is 11.1 Å². The molecule has 0 radical (unpaired) electrons. The Hall–Kier alpha value is -2.44. The molecule has 0 aliphatic carbocycles. The number of hydrogen-bond donors (Lipinski definition) is 1. The number of carbonyl (C=O) groups is 1. The molecule has 6 heteroatoms. The van der Waals surface area contributed by atoms with Gasteiger partial charge in [-0.15, -0.1) is 11.3 Å². The number of thiophene rings is 1. The van der Waals surface area contributed by atoms with Gasteiger partial charge in [0.05, 0.1) is 15.8 Å². The van der Waals surface area contributed by atoms with Gasteiger partial charge in [-0.25, -0.2) is 8.42 Å². The molecule has 3 rings (SSSR count). The van der Waals surface area contributed by atoms with Gasteiger partial charge in [-0.1, -0.05) is 42.0 Å². The summed E-state index contributed by atoms with van der Waals surface area (Å²) in [5, 5.41) is 4.91. The molecule has 2 aromatic carbocycles. The first-order chi connectivity index (χ1) is 12.8. The van der Waals surface area contributed by atoms with Crippen molar-refractivity contribution in [1.29, 1.82) is 0 Å². The standard InChI is InChI=1S/C21H21NO3S2/c1-14-4-6-17(7-5-14)19-12-13-26-20(19)21(23)22-15(2)16-8-10-18(11-9-16)27(3,24)25/h4-13,15H,1-3H3,(H,22,23)/t15-/m0/s1. The van der Waals surface area contributed by atoms with Crippen molar-refractivity contribution < 1.29 is 13.2 Å². The fourth-order valence-corrected chi connectivity index (χ4v) is 4.24. The molecule has 140 valence electrons. The van der Waals surface area contributed by atoms with Crippen molar-refractivity contribution in [2.24, 2.45) is 0 Å². The Labute approximate surface area is 163 Å². The molecule has 1 amide bonds. The van der Waals surface area contributed by atoms with Crippen LogP contribution in [-0.2, 0) is 9.84 Å². The summed E-state index contributed by atoms with van der Waals surface area (Å²) in [5.41, 5.74) is 3.95. The van der Waals surface area contributed by atoms with E-state index < -0.39 is 9.84 Å². The molecular weight excluding hydrogens is 378 g/mol. The van der Waals surface area contributed by atoms with Gasteiger partial charge >= 0.3 is 0 Å².